The number of fused-ring (bicyclic) bond motifs is 1. The van der Waals surface area contributed by atoms with Crippen molar-refractivity contribution in [3.8, 4) is 0 Å². The Morgan fingerprint density at radius 2 is 2.27 bits per heavy atom. The molecule has 0 spiro atoms. The number of nitrogens with zero attached hydrogens (tertiary/aromatic N) is 1. The van der Waals surface area contributed by atoms with E-state index in [0.717, 1.165) is 18.5 Å². The summed E-state index contributed by atoms with van der Waals surface area (Å²) in [7, 11) is 0. The molecule has 0 aliphatic heterocycles. The zero-order valence-electron chi connectivity index (χ0n) is 6.25. The Morgan fingerprint density at radius 3 is 3.09 bits per heavy atom. The van der Waals surface area contributed by atoms with Crippen LogP contribution in [-0.2, 0) is 6.42 Å². The van der Waals surface area contributed by atoms with E-state index in [2.05, 4.69) is 4.98 Å². The molecule has 1 aliphatic rings. The van der Waals surface area contributed by atoms with E-state index < -0.39 is 0 Å². The van der Waals surface area contributed by atoms with Gasteiger partial charge in [0.25, 0.3) is 0 Å². The van der Waals surface area contributed by atoms with Crippen molar-refractivity contribution >= 4 is 5.82 Å². The predicted molar refractivity (Wildman–Crippen MR) is 43.9 cm³/mol. The third-order valence-electron chi connectivity index (χ3n) is 2.12. The molecule has 0 unspecified atom stereocenters. The van der Waals surface area contributed by atoms with Gasteiger partial charge in [0, 0.05) is 11.7 Å². The van der Waals surface area contributed by atoms with Crippen molar-refractivity contribution in [3.05, 3.63) is 23.4 Å². The van der Waals surface area contributed by atoms with E-state index >= 15 is 0 Å². The number of hydrogen-bond acceptors (Lipinski definition) is 3. The van der Waals surface area contributed by atoms with Gasteiger partial charge in [-0.15, -0.1) is 0 Å². The molecule has 4 N–H and O–H groups in total. The summed E-state index contributed by atoms with van der Waals surface area (Å²) in [5.74, 6) is 0.595. The van der Waals surface area contributed by atoms with Gasteiger partial charge in [0.1, 0.15) is 5.82 Å². The van der Waals surface area contributed by atoms with Crippen LogP contribution >= 0.6 is 0 Å². The van der Waals surface area contributed by atoms with Crippen LogP contribution in [0, 0.1) is 0 Å². The number of nitrogens with two attached hydrogens (primary N) is 2. The zero-order chi connectivity index (χ0) is 7.84. The van der Waals surface area contributed by atoms with Gasteiger partial charge in [0.15, 0.2) is 0 Å². The molecule has 0 bridgehead atoms. The van der Waals surface area contributed by atoms with Crippen LogP contribution in [0.15, 0.2) is 12.1 Å². The van der Waals surface area contributed by atoms with E-state index in [1.165, 1.54) is 5.56 Å². The van der Waals surface area contributed by atoms with Crippen LogP contribution in [0.2, 0.25) is 0 Å². The van der Waals surface area contributed by atoms with Gasteiger partial charge >= 0.3 is 0 Å². The van der Waals surface area contributed by atoms with Gasteiger partial charge in [0.05, 0.1) is 0 Å². The Bertz CT molecular complexity index is 283. The first kappa shape index (κ1) is 6.61. The Kier molecular flexibility index (Phi) is 1.32. The smallest absolute Gasteiger partial charge is 0.123 e. The lowest BCUT2D eigenvalue weighted by atomic mass is 10.2. The topological polar surface area (TPSA) is 64.9 Å². The maximum Gasteiger partial charge on any atom is 0.123 e. The average Bonchev–Trinajstić information content (AvgIpc) is 2.32. The van der Waals surface area contributed by atoms with Crippen molar-refractivity contribution < 1.29 is 0 Å². The van der Waals surface area contributed by atoms with Crippen LogP contribution < -0.4 is 11.5 Å². The number of anilines is 1. The van der Waals surface area contributed by atoms with Crippen LogP contribution in [-0.4, -0.2) is 4.98 Å². The van der Waals surface area contributed by atoms with Crippen LogP contribution in [0.1, 0.15) is 23.7 Å². The van der Waals surface area contributed by atoms with E-state index in [0.29, 0.717) is 5.82 Å². The van der Waals surface area contributed by atoms with Crippen molar-refractivity contribution in [2.45, 2.75) is 18.9 Å². The SMILES string of the molecule is Nc1ccc2c(n1)CC[C@@H]2N. The average molecular weight is 149 g/mol. The molecule has 1 aromatic heterocycles. The number of aromatic nitrogens is 1. The fourth-order valence-electron chi connectivity index (χ4n) is 1.51. The van der Waals surface area contributed by atoms with Crippen LogP contribution in [0.25, 0.3) is 0 Å². The van der Waals surface area contributed by atoms with E-state index in [9.17, 15) is 0 Å². The van der Waals surface area contributed by atoms with Crippen molar-refractivity contribution in [2.24, 2.45) is 5.73 Å². The maximum atomic E-state index is 5.82. The van der Waals surface area contributed by atoms with Gasteiger partial charge < -0.3 is 11.5 Å². The first-order valence-corrected chi connectivity index (χ1v) is 3.78. The molecule has 1 heterocycles. The minimum Gasteiger partial charge on any atom is -0.384 e. The fourth-order valence-corrected chi connectivity index (χ4v) is 1.51. The highest BCUT2D eigenvalue weighted by molar-refractivity contribution is 5.38. The Labute approximate surface area is 65.4 Å². The summed E-state index contributed by atoms with van der Waals surface area (Å²) in [6.07, 6.45) is 1.98. The van der Waals surface area contributed by atoms with Crippen molar-refractivity contribution in [1.29, 1.82) is 0 Å². The number of hydrogen-bond donors (Lipinski definition) is 2. The highest BCUT2D eigenvalue weighted by Gasteiger charge is 2.19. The Morgan fingerprint density at radius 1 is 1.45 bits per heavy atom. The van der Waals surface area contributed by atoms with E-state index in [4.69, 9.17) is 11.5 Å². The summed E-state index contributed by atoms with van der Waals surface area (Å²) in [5.41, 5.74) is 13.6. The fraction of sp³-hybridized carbons (Fsp3) is 0.375. The molecule has 58 valence electrons. The highest BCUT2D eigenvalue weighted by Crippen LogP contribution is 2.27. The minimum atomic E-state index is 0.179. The molecule has 0 fully saturated rings. The second-order valence-corrected chi connectivity index (χ2v) is 2.92. The summed E-state index contributed by atoms with van der Waals surface area (Å²) in [4.78, 5) is 4.20. The van der Waals surface area contributed by atoms with E-state index in [1.54, 1.807) is 0 Å². The van der Waals surface area contributed by atoms with Crippen molar-refractivity contribution in [3.63, 3.8) is 0 Å². The summed E-state index contributed by atoms with van der Waals surface area (Å²) in [5, 5.41) is 0. The van der Waals surface area contributed by atoms with Gasteiger partial charge in [-0.2, -0.15) is 0 Å². The van der Waals surface area contributed by atoms with E-state index in [1.807, 2.05) is 12.1 Å². The number of pyridine rings is 1. The molecule has 11 heavy (non-hydrogen) atoms. The van der Waals surface area contributed by atoms with Crippen molar-refractivity contribution in [1.82, 2.24) is 4.98 Å². The maximum absolute atomic E-state index is 5.82. The summed E-state index contributed by atoms with van der Waals surface area (Å²) in [6, 6.07) is 3.97. The Hall–Kier alpha value is -1.09. The molecular weight excluding hydrogens is 138 g/mol. The summed E-state index contributed by atoms with van der Waals surface area (Å²) < 4.78 is 0. The quantitative estimate of drug-likeness (QED) is 0.568. The second kappa shape index (κ2) is 2.20. The van der Waals surface area contributed by atoms with Crippen LogP contribution in [0.3, 0.4) is 0 Å². The highest BCUT2D eigenvalue weighted by atomic mass is 14.9. The van der Waals surface area contributed by atoms with Gasteiger partial charge in [-0.05, 0) is 24.5 Å². The van der Waals surface area contributed by atoms with Crippen LogP contribution in [0.5, 0.6) is 0 Å². The molecule has 2 rings (SSSR count). The molecule has 3 nitrogen and oxygen atoms in total. The van der Waals surface area contributed by atoms with Gasteiger partial charge in [0.2, 0.25) is 0 Å². The zero-order valence-corrected chi connectivity index (χ0v) is 6.25. The van der Waals surface area contributed by atoms with Gasteiger partial charge in [-0.25, -0.2) is 4.98 Å². The number of aryl methyl sites for hydroxylation is 1. The lowest BCUT2D eigenvalue weighted by Crippen LogP contribution is -2.05. The lowest BCUT2D eigenvalue weighted by molar-refractivity contribution is 0.712. The van der Waals surface area contributed by atoms with Gasteiger partial charge in [-0.1, -0.05) is 6.07 Å². The number of rotatable bonds is 0. The molecule has 1 aromatic rings. The predicted octanol–water partition coefficient (Wildman–Crippen LogP) is 0.610. The Balaban J connectivity index is 2.50. The molecule has 0 saturated heterocycles. The van der Waals surface area contributed by atoms with Crippen LogP contribution in [0.4, 0.5) is 5.82 Å². The molecule has 0 radical (unpaired) electrons. The molecule has 0 saturated carbocycles. The molecule has 0 amide bonds. The first-order chi connectivity index (χ1) is 5.27. The third kappa shape index (κ3) is 0.973. The standard InChI is InChI=1S/C8H11N3/c9-6-2-3-7-5(6)1-4-8(10)11-7/h1,4,6H,2-3,9H2,(H2,10,11)/t6-/m0/s1. The monoisotopic (exact) mass is 149 g/mol. The molecular formula is C8H11N3. The largest absolute Gasteiger partial charge is 0.384 e. The molecule has 1 aliphatic carbocycles. The second-order valence-electron chi connectivity index (χ2n) is 2.92. The first-order valence-electron chi connectivity index (χ1n) is 3.78. The van der Waals surface area contributed by atoms with Crippen molar-refractivity contribution in [2.75, 3.05) is 5.73 Å². The number of nitrogen functional groups attached to an aromatic ring is 1. The molecule has 1 atom stereocenters. The molecule has 0 aromatic carbocycles. The normalized spacial score (nSPS) is 21.7. The molecule has 3 heteroatoms. The lowest BCUT2D eigenvalue weighted by Gasteiger charge is -2.02. The van der Waals surface area contributed by atoms with E-state index in [-0.39, 0.29) is 6.04 Å². The van der Waals surface area contributed by atoms with Gasteiger partial charge in [-0.3, -0.25) is 0 Å². The summed E-state index contributed by atoms with van der Waals surface area (Å²) >= 11 is 0. The minimum absolute atomic E-state index is 0.179. The summed E-state index contributed by atoms with van der Waals surface area (Å²) in [6.45, 7) is 0. The third-order valence-corrected chi connectivity index (χ3v) is 2.12.